The molecule has 4 rings (SSSR count). The first-order valence-electron chi connectivity index (χ1n) is 11.1. The van der Waals surface area contributed by atoms with Crippen LogP contribution in [0.2, 0.25) is 0 Å². The number of carbonyl (C=O) groups is 1. The first-order valence-corrected chi connectivity index (χ1v) is 12.9. The molecule has 35 heavy (non-hydrogen) atoms. The Hall–Kier alpha value is -3.11. The van der Waals surface area contributed by atoms with Crippen LogP contribution in [-0.4, -0.2) is 40.6 Å². The zero-order chi connectivity index (χ0) is 24.9. The van der Waals surface area contributed by atoms with Gasteiger partial charge in [0, 0.05) is 23.3 Å². The molecule has 1 aliphatic heterocycles. The maximum absolute atomic E-state index is 13.3. The second kappa shape index (κ2) is 11.1. The van der Waals surface area contributed by atoms with Crippen molar-refractivity contribution >= 4 is 39.3 Å². The third-order valence-electron chi connectivity index (χ3n) is 5.24. The molecular formula is C25H25BrN4O4S. The number of aromatic nitrogens is 3. The number of anilines is 1. The monoisotopic (exact) mass is 556 g/mol. The molecule has 0 saturated heterocycles. The van der Waals surface area contributed by atoms with Crippen molar-refractivity contribution in [1.82, 2.24) is 15.2 Å². The van der Waals surface area contributed by atoms with Crippen molar-refractivity contribution in [2.45, 2.75) is 31.7 Å². The highest BCUT2D eigenvalue weighted by Crippen LogP contribution is 2.46. The van der Waals surface area contributed by atoms with Gasteiger partial charge in [-0.2, -0.15) is 4.98 Å². The van der Waals surface area contributed by atoms with E-state index in [0.29, 0.717) is 61.9 Å². The molecule has 182 valence electrons. The third-order valence-corrected chi connectivity index (χ3v) is 6.66. The van der Waals surface area contributed by atoms with Gasteiger partial charge in [-0.1, -0.05) is 43.0 Å². The number of rotatable bonds is 8. The van der Waals surface area contributed by atoms with E-state index in [9.17, 15) is 4.79 Å². The molecule has 1 atom stereocenters. The maximum atomic E-state index is 13.3. The van der Waals surface area contributed by atoms with E-state index in [1.165, 1.54) is 11.8 Å². The Morgan fingerprint density at radius 1 is 1.29 bits per heavy atom. The molecule has 0 fully saturated rings. The Morgan fingerprint density at radius 2 is 2.09 bits per heavy atom. The molecule has 0 saturated carbocycles. The van der Waals surface area contributed by atoms with Crippen LogP contribution in [-0.2, 0) is 4.79 Å². The number of hydrogen-bond acceptors (Lipinski definition) is 8. The van der Waals surface area contributed by atoms with Gasteiger partial charge in [-0.25, -0.2) is 0 Å². The van der Waals surface area contributed by atoms with E-state index in [4.69, 9.17) is 14.2 Å². The fraction of sp³-hybridized carbons (Fsp3) is 0.280. The Kier molecular flexibility index (Phi) is 7.92. The first-order chi connectivity index (χ1) is 17.0. The van der Waals surface area contributed by atoms with Gasteiger partial charge < -0.3 is 14.2 Å². The van der Waals surface area contributed by atoms with Crippen LogP contribution in [0.25, 0.3) is 11.3 Å². The summed E-state index contributed by atoms with van der Waals surface area (Å²) >= 11 is 4.99. The van der Waals surface area contributed by atoms with E-state index >= 15 is 0 Å². The number of fused-ring (bicyclic) bond motifs is 3. The lowest BCUT2D eigenvalue weighted by molar-refractivity contribution is -0.120. The molecule has 0 aliphatic carbocycles. The molecule has 2 aromatic carbocycles. The molecular weight excluding hydrogens is 532 g/mol. The highest BCUT2D eigenvalue weighted by Gasteiger charge is 2.36. The zero-order valence-electron chi connectivity index (χ0n) is 19.7. The van der Waals surface area contributed by atoms with Crippen molar-refractivity contribution in [1.29, 1.82) is 0 Å². The van der Waals surface area contributed by atoms with Crippen LogP contribution in [0.1, 0.15) is 32.1 Å². The van der Waals surface area contributed by atoms with E-state index in [-0.39, 0.29) is 12.3 Å². The summed E-state index contributed by atoms with van der Waals surface area (Å²) in [5, 5.41) is 9.14. The van der Waals surface area contributed by atoms with Gasteiger partial charge in [-0.15, -0.1) is 16.8 Å². The fourth-order valence-corrected chi connectivity index (χ4v) is 4.82. The lowest BCUT2D eigenvalue weighted by atomic mass is 10.1. The topological polar surface area (TPSA) is 86.7 Å². The predicted molar refractivity (Wildman–Crippen MR) is 139 cm³/mol. The number of ether oxygens (including phenoxy) is 3. The summed E-state index contributed by atoms with van der Waals surface area (Å²) < 4.78 is 18.5. The lowest BCUT2D eigenvalue weighted by Gasteiger charge is -2.31. The molecule has 10 heteroatoms. The SMILES string of the molecule is C=CCSc1nnc2c(n1)O[C@@H](c1cc(Br)c(OCC)c(OC)c1)N(C(=O)CC)c1ccccc1-2. The van der Waals surface area contributed by atoms with Crippen molar-refractivity contribution in [3.05, 3.63) is 59.1 Å². The largest absolute Gasteiger partial charge is 0.493 e. The van der Waals surface area contributed by atoms with Gasteiger partial charge in [0.2, 0.25) is 23.2 Å². The Balaban J connectivity index is 1.93. The van der Waals surface area contributed by atoms with Gasteiger partial charge in [0.1, 0.15) is 0 Å². The summed E-state index contributed by atoms with van der Waals surface area (Å²) in [7, 11) is 1.57. The molecule has 3 aromatic rings. The van der Waals surface area contributed by atoms with Gasteiger partial charge >= 0.3 is 0 Å². The summed E-state index contributed by atoms with van der Waals surface area (Å²) in [6.45, 7) is 7.94. The summed E-state index contributed by atoms with van der Waals surface area (Å²) in [4.78, 5) is 19.6. The van der Waals surface area contributed by atoms with E-state index in [2.05, 4.69) is 37.7 Å². The molecule has 0 unspecified atom stereocenters. The number of methoxy groups -OCH3 is 1. The minimum absolute atomic E-state index is 0.117. The summed E-state index contributed by atoms with van der Waals surface area (Å²) in [5.41, 5.74) is 2.52. The molecule has 0 N–H and O–H groups in total. The zero-order valence-corrected chi connectivity index (χ0v) is 22.1. The van der Waals surface area contributed by atoms with Crippen LogP contribution < -0.4 is 19.1 Å². The van der Waals surface area contributed by atoms with Gasteiger partial charge in [0.25, 0.3) is 0 Å². The van der Waals surface area contributed by atoms with E-state index in [1.807, 2.05) is 50.2 Å². The van der Waals surface area contributed by atoms with Crippen LogP contribution >= 0.6 is 27.7 Å². The number of halogens is 1. The number of para-hydroxylation sites is 1. The van der Waals surface area contributed by atoms with Gasteiger partial charge in [-0.05, 0) is 41.1 Å². The van der Waals surface area contributed by atoms with E-state index in [1.54, 1.807) is 18.1 Å². The number of amides is 1. The highest BCUT2D eigenvalue weighted by atomic mass is 79.9. The Labute approximate surface area is 216 Å². The number of benzene rings is 2. The molecule has 2 heterocycles. The van der Waals surface area contributed by atoms with Crippen molar-refractivity contribution < 1.29 is 19.0 Å². The average Bonchev–Trinajstić information content (AvgIpc) is 3.02. The Morgan fingerprint density at radius 3 is 2.80 bits per heavy atom. The van der Waals surface area contributed by atoms with Crippen molar-refractivity contribution in [3.63, 3.8) is 0 Å². The van der Waals surface area contributed by atoms with Gasteiger partial charge in [-0.3, -0.25) is 9.69 Å². The smallest absolute Gasteiger partial charge is 0.247 e. The predicted octanol–water partition coefficient (Wildman–Crippen LogP) is 5.82. The quantitative estimate of drug-likeness (QED) is 0.253. The van der Waals surface area contributed by atoms with Crippen molar-refractivity contribution in [2.75, 3.05) is 24.4 Å². The average molecular weight is 557 g/mol. The van der Waals surface area contributed by atoms with Crippen molar-refractivity contribution in [2.24, 2.45) is 0 Å². The fourth-order valence-electron chi connectivity index (χ4n) is 3.73. The molecule has 1 aliphatic rings. The summed E-state index contributed by atoms with van der Waals surface area (Å²) in [5.74, 6) is 1.90. The molecule has 8 nitrogen and oxygen atoms in total. The molecule has 0 bridgehead atoms. The summed E-state index contributed by atoms with van der Waals surface area (Å²) in [6, 6.07) is 11.2. The minimum atomic E-state index is -0.834. The minimum Gasteiger partial charge on any atom is -0.493 e. The molecule has 1 aromatic heterocycles. The van der Waals surface area contributed by atoms with Crippen LogP contribution in [0, 0.1) is 0 Å². The normalized spacial score (nSPS) is 14.3. The maximum Gasteiger partial charge on any atom is 0.247 e. The Bertz CT molecular complexity index is 1260. The van der Waals surface area contributed by atoms with Crippen LogP contribution in [0.3, 0.4) is 0 Å². The number of nitrogens with zero attached hydrogens (tertiary/aromatic N) is 4. The van der Waals surface area contributed by atoms with Crippen LogP contribution in [0.15, 0.2) is 58.7 Å². The molecule has 1 amide bonds. The first kappa shape index (κ1) is 25.0. The standard InChI is InChI=1S/C25H25BrN4O4S/c1-5-12-35-25-27-23-21(28-29-25)16-10-8-9-11-18(16)30(20(31)6-2)24(34-23)15-13-17(26)22(33-7-3)19(14-15)32-4/h5,8-11,13-14,24H,1,6-7,12H2,2-4H3/t24-/m0/s1. The number of hydrogen-bond donors (Lipinski definition) is 0. The molecule has 0 radical (unpaired) electrons. The number of thioether (sulfide) groups is 1. The highest BCUT2D eigenvalue weighted by molar-refractivity contribution is 9.10. The van der Waals surface area contributed by atoms with E-state index < -0.39 is 6.23 Å². The lowest BCUT2D eigenvalue weighted by Crippen LogP contribution is -2.37. The second-order valence-electron chi connectivity index (χ2n) is 7.42. The third kappa shape index (κ3) is 4.99. The number of carbonyl (C=O) groups excluding carboxylic acids is 1. The van der Waals surface area contributed by atoms with Crippen LogP contribution in [0.5, 0.6) is 17.4 Å². The van der Waals surface area contributed by atoms with Crippen molar-refractivity contribution in [3.8, 4) is 28.6 Å². The van der Waals surface area contributed by atoms with Gasteiger partial charge in [0.15, 0.2) is 17.2 Å². The summed E-state index contributed by atoms with van der Waals surface area (Å²) in [6.07, 6.45) is 1.21. The van der Waals surface area contributed by atoms with Gasteiger partial charge in [0.05, 0.1) is 23.9 Å². The van der Waals surface area contributed by atoms with Crippen LogP contribution in [0.4, 0.5) is 5.69 Å². The molecule has 0 spiro atoms. The second-order valence-corrected chi connectivity index (χ2v) is 9.26. The van der Waals surface area contributed by atoms with E-state index in [0.717, 1.165) is 0 Å².